The van der Waals surface area contributed by atoms with E-state index in [1.807, 2.05) is 28.8 Å². The molecule has 1 amide bonds. The summed E-state index contributed by atoms with van der Waals surface area (Å²) in [5.41, 5.74) is 2.82. The third-order valence-electron chi connectivity index (χ3n) is 5.89. The normalized spacial score (nSPS) is 23.9. The highest BCUT2D eigenvalue weighted by molar-refractivity contribution is 5.71. The number of ether oxygens (including phenoxy) is 1. The summed E-state index contributed by atoms with van der Waals surface area (Å²) in [6.07, 6.45) is 7.91. The van der Waals surface area contributed by atoms with Crippen molar-refractivity contribution in [3.05, 3.63) is 49.1 Å². The first-order chi connectivity index (χ1) is 13.6. The monoisotopic (exact) mass is 379 g/mol. The second kappa shape index (κ2) is 6.44. The van der Waals surface area contributed by atoms with Crippen LogP contribution >= 0.6 is 0 Å². The summed E-state index contributed by atoms with van der Waals surface area (Å²) in [4.78, 5) is 17.4. The molecule has 2 fully saturated rings. The number of nitrogens with zero attached hydrogens (tertiary/aromatic N) is 3. The number of hydrogen-bond acceptors (Lipinski definition) is 4. The summed E-state index contributed by atoms with van der Waals surface area (Å²) in [6.45, 7) is 0. The van der Waals surface area contributed by atoms with Gasteiger partial charge in [0, 0.05) is 36.7 Å². The minimum absolute atomic E-state index is 0.0122. The number of carbonyl (C=O) groups is 1. The zero-order chi connectivity index (χ0) is 19.3. The number of imidazole rings is 1. The van der Waals surface area contributed by atoms with Gasteiger partial charge in [0.1, 0.15) is 23.1 Å². The zero-order valence-electron chi connectivity index (χ0n) is 15.2. The lowest BCUT2D eigenvalue weighted by molar-refractivity contribution is 0.0501. The van der Waals surface area contributed by atoms with Crippen LogP contribution in [-0.4, -0.2) is 48.8 Å². The highest BCUT2D eigenvalue weighted by atomic mass is 16.5. The Hall–Kier alpha value is -3.22. The van der Waals surface area contributed by atoms with Gasteiger partial charge < -0.3 is 24.3 Å². The van der Waals surface area contributed by atoms with Gasteiger partial charge in [0.25, 0.3) is 0 Å². The first-order valence-corrected chi connectivity index (χ1v) is 9.51. The fraction of sp³-hybridized carbons (Fsp3) is 0.333. The van der Waals surface area contributed by atoms with Crippen LogP contribution in [0.15, 0.2) is 49.1 Å². The predicted molar refractivity (Wildman–Crippen MR) is 103 cm³/mol. The van der Waals surface area contributed by atoms with E-state index in [-0.39, 0.29) is 23.9 Å². The molecule has 2 bridgehead atoms. The standard InChI is InChI=1S/C21H21N3O4/c25-17-5-1-13(2-6-17)14-7-20(19-10-22-12-23(19)11-14)28-18-8-15-3-4-16(9-18)24(15)21(26)27/h1-2,5-7,10-12,15-16,18,25H,3-4,8-9H2,(H,26,27)/t15-,16+,18?. The number of hydrogen-bond donors (Lipinski definition) is 2. The number of benzene rings is 1. The number of phenolic OH excluding ortho intramolecular Hbond substituents is 1. The van der Waals surface area contributed by atoms with Gasteiger partial charge in [0.15, 0.2) is 0 Å². The van der Waals surface area contributed by atoms with Crippen LogP contribution in [0.5, 0.6) is 11.5 Å². The average Bonchev–Trinajstić information content (AvgIpc) is 3.25. The first kappa shape index (κ1) is 16.9. The second-order valence-electron chi connectivity index (χ2n) is 7.61. The Bertz CT molecular complexity index is 1020. The first-order valence-electron chi connectivity index (χ1n) is 9.51. The number of amides is 1. The lowest BCUT2D eigenvalue weighted by atomic mass is 10.00. The van der Waals surface area contributed by atoms with Gasteiger partial charge in [0.2, 0.25) is 0 Å². The van der Waals surface area contributed by atoms with E-state index in [4.69, 9.17) is 4.74 Å². The summed E-state index contributed by atoms with van der Waals surface area (Å²) in [5.74, 6) is 0.973. The predicted octanol–water partition coefficient (Wildman–Crippen LogP) is 3.76. The van der Waals surface area contributed by atoms with Gasteiger partial charge in [0.05, 0.1) is 12.5 Å². The van der Waals surface area contributed by atoms with Crippen LogP contribution in [0.3, 0.4) is 0 Å². The molecule has 1 aromatic carbocycles. The fourth-order valence-corrected chi connectivity index (χ4v) is 4.62. The van der Waals surface area contributed by atoms with E-state index in [0.29, 0.717) is 12.8 Å². The van der Waals surface area contributed by atoms with Gasteiger partial charge >= 0.3 is 6.09 Å². The van der Waals surface area contributed by atoms with Gasteiger partial charge in [-0.05, 0) is 36.6 Å². The molecule has 1 unspecified atom stereocenters. The summed E-state index contributed by atoms with van der Waals surface area (Å²) in [7, 11) is 0. The molecule has 2 aliphatic rings. The number of piperidine rings is 1. The molecule has 7 nitrogen and oxygen atoms in total. The molecule has 0 aliphatic carbocycles. The molecule has 0 spiro atoms. The topological polar surface area (TPSA) is 87.3 Å². The van der Waals surface area contributed by atoms with Crippen molar-refractivity contribution in [1.82, 2.24) is 14.3 Å². The van der Waals surface area contributed by atoms with Crippen molar-refractivity contribution in [2.24, 2.45) is 0 Å². The molecular formula is C21H21N3O4. The van der Waals surface area contributed by atoms with Crippen LogP contribution in [0.25, 0.3) is 16.6 Å². The van der Waals surface area contributed by atoms with Gasteiger partial charge in [-0.3, -0.25) is 0 Å². The van der Waals surface area contributed by atoms with Crippen LogP contribution in [0.2, 0.25) is 0 Å². The van der Waals surface area contributed by atoms with E-state index < -0.39 is 6.09 Å². The van der Waals surface area contributed by atoms with Gasteiger partial charge in [-0.25, -0.2) is 9.78 Å². The van der Waals surface area contributed by atoms with Crippen LogP contribution in [0, 0.1) is 0 Å². The molecule has 2 aromatic heterocycles. The van der Waals surface area contributed by atoms with Crippen molar-refractivity contribution in [2.75, 3.05) is 0 Å². The quantitative estimate of drug-likeness (QED) is 0.724. The van der Waals surface area contributed by atoms with Gasteiger partial charge in [-0.1, -0.05) is 12.1 Å². The zero-order valence-corrected chi connectivity index (χ0v) is 15.2. The molecule has 2 saturated heterocycles. The summed E-state index contributed by atoms with van der Waals surface area (Å²) < 4.78 is 8.32. The summed E-state index contributed by atoms with van der Waals surface area (Å²) in [6, 6.07) is 9.13. The van der Waals surface area contributed by atoms with Crippen LogP contribution in [-0.2, 0) is 0 Å². The van der Waals surface area contributed by atoms with Crippen molar-refractivity contribution < 1.29 is 19.7 Å². The third-order valence-corrected chi connectivity index (χ3v) is 5.89. The number of aromatic hydroxyl groups is 1. The maximum atomic E-state index is 11.5. The Morgan fingerprint density at radius 3 is 2.50 bits per heavy atom. The van der Waals surface area contributed by atoms with Crippen molar-refractivity contribution in [3.63, 3.8) is 0 Å². The van der Waals surface area contributed by atoms with Gasteiger partial charge in [-0.15, -0.1) is 0 Å². The minimum Gasteiger partial charge on any atom is -0.508 e. The van der Waals surface area contributed by atoms with Crippen molar-refractivity contribution in [2.45, 2.75) is 43.9 Å². The molecule has 4 heterocycles. The average molecular weight is 379 g/mol. The van der Waals surface area contributed by atoms with Crippen molar-refractivity contribution >= 4 is 11.6 Å². The molecule has 0 radical (unpaired) electrons. The molecule has 3 aromatic rings. The summed E-state index contributed by atoms with van der Waals surface area (Å²) in [5, 5.41) is 19.0. The maximum absolute atomic E-state index is 11.5. The van der Waals surface area contributed by atoms with E-state index in [0.717, 1.165) is 35.2 Å². The molecular weight excluding hydrogens is 358 g/mol. The maximum Gasteiger partial charge on any atom is 0.407 e. The molecule has 0 saturated carbocycles. The largest absolute Gasteiger partial charge is 0.508 e. The van der Waals surface area contributed by atoms with Crippen LogP contribution in [0.1, 0.15) is 25.7 Å². The Morgan fingerprint density at radius 2 is 1.82 bits per heavy atom. The Kier molecular flexibility index (Phi) is 3.89. The summed E-state index contributed by atoms with van der Waals surface area (Å²) >= 11 is 0. The molecule has 2 aliphatic heterocycles. The number of aromatic nitrogens is 2. The second-order valence-corrected chi connectivity index (χ2v) is 7.61. The van der Waals surface area contributed by atoms with Crippen molar-refractivity contribution in [3.8, 4) is 22.6 Å². The smallest absolute Gasteiger partial charge is 0.407 e. The molecule has 3 atom stereocenters. The van der Waals surface area contributed by atoms with Gasteiger partial charge in [-0.2, -0.15) is 0 Å². The molecule has 2 N–H and O–H groups in total. The highest BCUT2D eigenvalue weighted by Gasteiger charge is 2.44. The number of pyridine rings is 1. The molecule has 28 heavy (non-hydrogen) atoms. The number of phenols is 1. The van der Waals surface area contributed by atoms with Crippen LogP contribution in [0.4, 0.5) is 4.79 Å². The minimum atomic E-state index is -0.821. The number of rotatable bonds is 3. The third kappa shape index (κ3) is 2.83. The SMILES string of the molecule is O=C(O)N1[C@@H]2CC[C@H]1CC(Oc1cc(-c3ccc(O)cc3)cn3cncc13)C2. The number of fused-ring (bicyclic) bond motifs is 3. The number of carboxylic acid groups (broad SMARTS) is 1. The lowest BCUT2D eigenvalue weighted by Gasteiger charge is -2.37. The van der Waals surface area contributed by atoms with Crippen LogP contribution < -0.4 is 4.74 Å². The van der Waals surface area contributed by atoms with E-state index >= 15 is 0 Å². The lowest BCUT2D eigenvalue weighted by Crippen LogP contribution is -2.48. The molecule has 7 heteroatoms. The highest BCUT2D eigenvalue weighted by Crippen LogP contribution is 2.38. The van der Waals surface area contributed by atoms with E-state index in [2.05, 4.69) is 4.98 Å². The molecule has 144 valence electrons. The Labute approximate surface area is 161 Å². The Balaban J connectivity index is 1.45. The van der Waals surface area contributed by atoms with E-state index in [1.54, 1.807) is 29.6 Å². The Morgan fingerprint density at radius 1 is 1.11 bits per heavy atom. The van der Waals surface area contributed by atoms with E-state index in [9.17, 15) is 15.0 Å². The fourth-order valence-electron chi connectivity index (χ4n) is 4.62. The molecule has 5 rings (SSSR count). The van der Waals surface area contributed by atoms with Crippen molar-refractivity contribution in [1.29, 1.82) is 0 Å². The van der Waals surface area contributed by atoms with E-state index in [1.165, 1.54) is 0 Å².